The van der Waals surface area contributed by atoms with E-state index in [-0.39, 0.29) is 5.78 Å². The van der Waals surface area contributed by atoms with Crippen molar-refractivity contribution in [2.45, 2.75) is 6.92 Å². The molecule has 1 N–H and O–H groups in total. The predicted octanol–water partition coefficient (Wildman–Crippen LogP) is 2.08. The number of nitrogens with one attached hydrogen (secondary N) is 1. The lowest BCUT2D eigenvalue weighted by Gasteiger charge is -2.04. The summed E-state index contributed by atoms with van der Waals surface area (Å²) in [4.78, 5) is 15.7. The third kappa shape index (κ3) is 3.75. The summed E-state index contributed by atoms with van der Waals surface area (Å²) >= 11 is 1.52. The fourth-order valence-corrected chi connectivity index (χ4v) is 1.57. The standard InChI is InChI=1S/C11H14N2OS/c1-3-12-11(15-2)8-10(14)9-6-4-5-7-13-9/h4-8,12H,3H2,1-2H3/b11-8+. The summed E-state index contributed by atoms with van der Waals surface area (Å²) in [5.74, 6) is -0.0686. The normalized spacial score (nSPS) is 11.2. The first-order valence-corrected chi connectivity index (χ1v) is 5.95. The number of ketones is 1. The van der Waals surface area contributed by atoms with Crippen LogP contribution in [0.25, 0.3) is 0 Å². The van der Waals surface area contributed by atoms with Crippen LogP contribution in [0.1, 0.15) is 17.4 Å². The highest BCUT2D eigenvalue weighted by molar-refractivity contribution is 8.02. The van der Waals surface area contributed by atoms with E-state index in [2.05, 4.69) is 10.3 Å². The lowest BCUT2D eigenvalue weighted by Crippen LogP contribution is -2.11. The second-order valence-electron chi connectivity index (χ2n) is 2.82. The van der Waals surface area contributed by atoms with Crippen molar-refractivity contribution in [2.24, 2.45) is 0 Å². The number of thioether (sulfide) groups is 1. The molecule has 0 unspecified atom stereocenters. The molecule has 80 valence electrons. The average molecular weight is 222 g/mol. The molecule has 0 aromatic carbocycles. The Kier molecular flexibility index (Phi) is 4.90. The van der Waals surface area contributed by atoms with Gasteiger partial charge < -0.3 is 5.32 Å². The van der Waals surface area contributed by atoms with Crippen molar-refractivity contribution in [3.8, 4) is 0 Å². The Morgan fingerprint density at radius 2 is 2.40 bits per heavy atom. The van der Waals surface area contributed by atoms with Crippen LogP contribution >= 0.6 is 11.8 Å². The van der Waals surface area contributed by atoms with E-state index < -0.39 is 0 Å². The molecule has 0 saturated carbocycles. The summed E-state index contributed by atoms with van der Waals surface area (Å²) in [5.41, 5.74) is 0.474. The molecule has 0 amide bonds. The smallest absolute Gasteiger partial charge is 0.206 e. The fraction of sp³-hybridized carbons (Fsp3) is 0.273. The van der Waals surface area contributed by atoms with Crippen molar-refractivity contribution in [2.75, 3.05) is 12.8 Å². The van der Waals surface area contributed by atoms with Gasteiger partial charge in [-0.25, -0.2) is 0 Å². The molecule has 0 aliphatic carbocycles. The van der Waals surface area contributed by atoms with Gasteiger partial charge in [0.2, 0.25) is 5.78 Å². The Labute approximate surface area is 94.0 Å². The van der Waals surface area contributed by atoms with E-state index in [4.69, 9.17) is 0 Å². The highest BCUT2D eigenvalue weighted by atomic mass is 32.2. The van der Waals surface area contributed by atoms with Gasteiger partial charge in [0.05, 0.1) is 5.03 Å². The van der Waals surface area contributed by atoms with Gasteiger partial charge in [0.1, 0.15) is 5.69 Å². The van der Waals surface area contributed by atoms with E-state index in [9.17, 15) is 4.79 Å². The van der Waals surface area contributed by atoms with Gasteiger partial charge in [-0.1, -0.05) is 6.07 Å². The number of hydrogen-bond donors (Lipinski definition) is 1. The Balaban J connectivity index is 2.77. The fourth-order valence-electron chi connectivity index (χ4n) is 1.06. The maximum atomic E-state index is 11.7. The first-order valence-electron chi connectivity index (χ1n) is 4.72. The van der Waals surface area contributed by atoms with Gasteiger partial charge in [0.25, 0.3) is 0 Å². The summed E-state index contributed by atoms with van der Waals surface area (Å²) in [6.07, 6.45) is 5.13. The summed E-state index contributed by atoms with van der Waals surface area (Å²) < 4.78 is 0. The summed E-state index contributed by atoms with van der Waals surface area (Å²) in [6, 6.07) is 5.31. The number of hydrogen-bond acceptors (Lipinski definition) is 4. The van der Waals surface area contributed by atoms with Crippen molar-refractivity contribution in [3.05, 3.63) is 41.2 Å². The number of nitrogens with zero attached hydrogens (tertiary/aromatic N) is 1. The van der Waals surface area contributed by atoms with Crippen LogP contribution in [0.5, 0.6) is 0 Å². The molecule has 1 rings (SSSR count). The van der Waals surface area contributed by atoms with E-state index >= 15 is 0 Å². The topological polar surface area (TPSA) is 42.0 Å². The maximum absolute atomic E-state index is 11.7. The van der Waals surface area contributed by atoms with Gasteiger partial charge in [-0.2, -0.15) is 0 Å². The molecule has 0 aliphatic rings. The molecule has 0 fully saturated rings. The third-order valence-electron chi connectivity index (χ3n) is 1.75. The third-order valence-corrected chi connectivity index (χ3v) is 2.45. The second kappa shape index (κ2) is 6.24. The summed E-state index contributed by atoms with van der Waals surface area (Å²) in [6.45, 7) is 2.80. The minimum Gasteiger partial charge on any atom is -0.380 e. The molecule has 4 heteroatoms. The van der Waals surface area contributed by atoms with Crippen LogP contribution in [0.15, 0.2) is 35.5 Å². The SMILES string of the molecule is CCN/C(=C\C(=O)c1ccccn1)SC. The Morgan fingerprint density at radius 3 is 2.93 bits per heavy atom. The zero-order chi connectivity index (χ0) is 11.1. The van der Waals surface area contributed by atoms with Crippen LogP contribution in [-0.4, -0.2) is 23.6 Å². The molecule has 0 aliphatic heterocycles. The Bertz CT molecular complexity index is 349. The van der Waals surface area contributed by atoms with Gasteiger partial charge in [-0.3, -0.25) is 9.78 Å². The molecular weight excluding hydrogens is 208 g/mol. The highest BCUT2D eigenvalue weighted by Crippen LogP contribution is 2.08. The van der Waals surface area contributed by atoms with Crippen LogP contribution in [0.4, 0.5) is 0 Å². The molecule has 1 heterocycles. The van der Waals surface area contributed by atoms with Crippen LogP contribution in [0.3, 0.4) is 0 Å². The second-order valence-corrected chi connectivity index (χ2v) is 3.67. The number of pyridine rings is 1. The van der Waals surface area contributed by atoms with Gasteiger partial charge >= 0.3 is 0 Å². The lowest BCUT2D eigenvalue weighted by molar-refractivity contribution is 0.104. The maximum Gasteiger partial charge on any atom is 0.206 e. The molecule has 0 saturated heterocycles. The number of rotatable bonds is 5. The van der Waals surface area contributed by atoms with Gasteiger partial charge in [0, 0.05) is 18.8 Å². The van der Waals surface area contributed by atoms with Crippen molar-refractivity contribution in [3.63, 3.8) is 0 Å². The number of carbonyl (C=O) groups excluding carboxylic acids is 1. The van der Waals surface area contributed by atoms with Crippen LogP contribution in [0.2, 0.25) is 0 Å². The van der Waals surface area contributed by atoms with E-state index in [0.717, 1.165) is 11.6 Å². The van der Waals surface area contributed by atoms with Crippen molar-refractivity contribution >= 4 is 17.5 Å². The van der Waals surface area contributed by atoms with Crippen molar-refractivity contribution in [1.29, 1.82) is 0 Å². The summed E-state index contributed by atoms with van der Waals surface area (Å²) in [5, 5.41) is 3.98. The molecule has 1 aromatic heterocycles. The van der Waals surface area contributed by atoms with Gasteiger partial charge in [0.15, 0.2) is 0 Å². The van der Waals surface area contributed by atoms with E-state index in [1.165, 1.54) is 11.8 Å². The number of aromatic nitrogens is 1. The minimum atomic E-state index is -0.0686. The molecule has 3 nitrogen and oxygen atoms in total. The molecule has 15 heavy (non-hydrogen) atoms. The monoisotopic (exact) mass is 222 g/mol. The molecular formula is C11H14N2OS. The molecule has 1 aromatic rings. The largest absolute Gasteiger partial charge is 0.380 e. The molecule has 0 spiro atoms. The lowest BCUT2D eigenvalue weighted by atomic mass is 10.2. The number of carbonyl (C=O) groups is 1. The first kappa shape index (κ1) is 11.8. The zero-order valence-corrected chi connectivity index (χ0v) is 9.67. The molecule has 0 atom stereocenters. The Morgan fingerprint density at radius 1 is 1.60 bits per heavy atom. The Hall–Kier alpha value is -1.29. The van der Waals surface area contributed by atoms with E-state index in [0.29, 0.717) is 5.69 Å². The van der Waals surface area contributed by atoms with Crippen LogP contribution in [0, 0.1) is 0 Å². The average Bonchev–Trinajstić information content (AvgIpc) is 2.29. The van der Waals surface area contributed by atoms with E-state index in [1.807, 2.05) is 13.2 Å². The molecule has 0 bridgehead atoms. The van der Waals surface area contributed by atoms with E-state index in [1.54, 1.807) is 30.5 Å². The van der Waals surface area contributed by atoms with Gasteiger partial charge in [-0.05, 0) is 25.3 Å². The van der Waals surface area contributed by atoms with Crippen LogP contribution < -0.4 is 5.32 Å². The van der Waals surface area contributed by atoms with Gasteiger partial charge in [-0.15, -0.1) is 11.8 Å². The highest BCUT2D eigenvalue weighted by Gasteiger charge is 2.04. The number of allylic oxidation sites excluding steroid dienone is 1. The minimum absolute atomic E-state index is 0.0686. The first-order chi connectivity index (χ1) is 7.27. The quantitative estimate of drug-likeness (QED) is 0.612. The van der Waals surface area contributed by atoms with Crippen molar-refractivity contribution < 1.29 is 4.79 Å². The molecule has 0 radical (unpaired) electrons. The summed E-state index contributed by atoms with van der Waals surface area (Å²) in [7, 11) is 0. The van der Waals surface area contributed by atoms with Crippen LogP contribution in [-0.2, 0) is 0 Å². The predicted molar refractivity (Wildman–Crippen MR) is 63.8 cm³/mol. The zero-order valence-electron chi connectivity index (χ0n) is 8.86. The van der Waals surface area contributed by atoms with Crippen molar-refractivity contribution in [1.82, 2.24) is 10.3 Å².